The molecule has 0 spiro atoms. The van der Waals surface area contributed by atoms with Crippen LogP contribution in [0.25, 0.3) is 11.1 Å². The van der Waals surface area contributed by atoms with Gasteiger partial charge in [-0.15, -0.1) is 0 Å². The SMILES string of the molecule is CCOc1cc(-c2ccc(CC(=O)Nc3cc(C(C)(C)C(F)(F)F)on3)c(F)c2)cnc1OCc1ccc(OC)cc1. The van der Waals surface area contributed by atoms with Gasteiger partial charge in [-0.25, -0.2) is 9.37 Å². The maximum Gasteiger partial charge on any atom is 0.401 e. The molecule has 8 nitrogen and oxygen atoms in total. The van der Waals surface area contributed by atoms with Crippen LogP contribution >= 0.6 is 0 Å². The van der Waals surface area contributed by atoms with Crippen molar-refractivity contribution in [1.29, 1.82) is 0 Å². The first-order valence-electron chi connectivity index (χ1n) is 12.9. The van der Waals surface area contributed by atoms with Gasteiger partial charge in [0.25, 0.3) is 5.88 Å². The largest absolute Gasteiger partial charge is 0.497 e. The quantitative estimate of drug-likeness (QED) is 0.191. The number of hydrogen-bond acceptors (Lipinski definition) is 7. The molecule has 4 rings (SSSR count). The van der Waals surface area contributed by atoms with Crippen LogP contribution in [0.2, 0.25) is 0 Å². The number of alkyl halides is 3. The van der Waals surface area contributed by atoms with Gasteiger partial charge in [-0.3, -0.25) is 4.79 Å². The average Bonchev–Trinajstić information content (AvgIpc) is 3.42. The molecule has 0 aliphatic heterocycles. The van der Waals surface area contributed by atoms with Crippen molar-refractivity contribution in [2.45, 2.75) is 45.4 Å². The van der Waals surface area contributed by atoms with Crippen molar-refractivity contribution in [2.24, 2.45) is 0 Å². The number of methoxy groups -OCH3 is 1. The molecule has 0 saturated carbocycles. The summed E-state index contributed by atoms with van der Waals surface area (Å²) in [5.74, 6) is -0.601. The maximum absolute atomic E-state index is 15.0. The van der Waals surface area contributed by atoms with Crippen molar-refractivity contribution in [2.75, 3.05) is 19.0 Å². The molecule has 2 heterocycles. The normalized spacial score (nSPS) is 11.7. The zero-order valence-electron chi connectivity index (χ0n) is 23.3. The number of ether oxygens (including phenoxy) is 3. The minimum atomic E-state index is -4.58. The van der Waals surface area contributed by atoms with Gasteiger partial charge in [0.05, 0.1) is 20.1 Å². The third-order valence-electron chi connectivity index (χ3n) is 6.49. The highest BCUT2D eigenvalue weighted by molar-refractivity contribution is 5.91. The predicted molar refractivity (Wildman–Crippen MR) is 146 cm³/mol. The number of rotatable bonds is 11. The lowest BCUT2D eigenvalue weighted by Crippen LogP contribution is -2.35. The van der Waals surface area contributed by atoms with Crippen LogP contribution in [-0.4, -0.2) is 35.9 Å². The van der Waals surface area contributed by atoms with Crippen molar-refractivity contribution in [3.05, 3.63) is 83.5 Å². The summed E-state index contributed by atoms with van der Waals surface area (Å²) in [6, 6.07) is 14.4. The number of benzene rings is 2. The van der Waals surface area contributed by atoms with E-state index in [0.717, 1.165) is 31.2 Å². The van der Waals surface area contributed by atoms with Crippen LogP contribution in [-0.2, 0) is 23.2 Å². The summed E-state index contributed by atoms with van der Waals surface area (Å²) in [6.45, 7) is 4.29. The molecular formula is C30H29F4N3O5. The summed E-state index contributed by atoms with van der Waals surface area (Å²) in [4.78, 5) is 16.8. The Kier molecular flexibility index (Phi) is 9.03. The molecule has 0 atom stereocenters. The van der Waals surface area contributed by atoms with Gasteiger partial charge in [0.1, 0.15) is 23.6 Å². The molecule has 0 fully saturated rings. The van der Waals surface area contributed by atoms with Crippen molar-refractivity contribution >= 4 is 11.7 Å². The molecule has 222 valence electrons. The Morgan fingerprint density at radius 3 is 2.38 bits per heavy atom. The van der Waals surface area contributed by atoms with Crippen LogP contribution in [0, 0.1) is 5.82 Å². The second kappa shape index (κ2) is 12.5. The molecule has 12 heteroatoms. The molecule has 0 unspecified atom stereocenters. The Balaban J connectivity index is 1.43. The highest BCUT2D eigenvalue weighted by atomic mass is 19.4. The summed E-state index contributed by atoms with van der Waals surface area (Å²) in [5.41, 5.74) is -0.272. The lowest BCUT2D eigenvalue weighted by molar-refractivity contribution is -0.185. The molecule has 1 amide bonds. The molecule has 42 heavy (non-hydrogen) atoms. The van der Waals surface area contributed by atoms with Gasteiger partial charge in [-0.1, -0.05) is 29.4 Å². The highest BCUT2D eigenvalue weighted by Gasteiger charge is 2.51. The summed E-state index contributed by atoms with van der Waals surface area (Å²) in [5, 5.41) is 5.83. The zero-order valence-corrected chi connectivity index (χ0v) is 23.3. The highest BCUT2D eigenvalue weighted by Crippen LogP contribution is 2.41. The third kappa shape index (κ3) is 6.99. The smallest absolute Gasteiger partial charge is 0.401 e. The summed E-state index contributed by atoms with van der Waals surface area (Å²) < 4.78 is 76.2. The fourth-order valence-corrected chi connectivity index (χ4v) is 3.83. The summed E-state index contributed by atoms with van der Waals surface area (Å²) in [6.07, 6.45) is -3.43. The van der Waals surface area contributed by atoms with E-state index in [1.54, 1.807) is 19.2 Å². The van der Waals surface area contributed by atoms with Crippen molar-refractivity contribution in [1.82, 2.24) is 10.1 Å². The van der Waals surface area contributed by atoms with E-state index >= 15 is 0 Å². The number of pyridine rings is 1. The first-order valence-corrected chi connectivity index (χ1v) is 12.9. The van der Waals surface area contributed by atoms with Gasteiger partial charge >= 0.3 is 6.18 Å². The zero-order chi connectivity index (χ0) is 30.5. The Bertz CT molecular complexity index is 1530. The van der Waals surface area contributed by atoms with Crippen LogP contribution in [0.1, 0.15) is 37.7 Å². The minimum Gasteiger partial charge on any atom is -0.497 e. The second-order valence-corrected chi connectivity index (χ2v) is 9.83. The van der Waals surface area contributed by atoms with Crippen molar-refractivity contribution < 1.29 is 41.1 Å². The number of carbonyl (C=O) groups is 1. The van der Waals surface area contributed by atoms with Crippen LogP contribution in [0.5, 0.6) is 17.4 Å². The number of anilines is 1. The molecule has 0 aliphatic rings. The average molecular weight is 588 g/mol. The summed E-state index contributed by atoms with van der Waals surface area (Å²) in [7, 11) is 1.59. The van der Waals surface area contributed by atoms with E-state index < -0.39 is 29.1 Å². The molecule has 1 N–H and O–H groups in total. The van der Waals surface area contributed by atoms with Crippen LogP contribution in [0.15, 0.2) is 65.3 Å². The number of amides is 1. The Morgan fingerprint density at radius 1 is 1.00 bits per heavy atom. The first kappa shape index (κ1) is 30.4. The van der Waals surface area contributed by atoms with E-state index in [4.69, 9.17) is 18.7 Å². The van der Waals surface area contributed by atoms with Gasteiger partial charge < -0.3 is 24.1 Å². The van der Waals surface area contributed by atoms with Crippen molar-refractivity contribution in [3.63, 3.8) is 0 Å². The molecule has 2 aromatic heterocycles. The fraction of sp³-hybridized carbons (Fsp3) is 0.300. The first-order chi connectivity index (χ1) is 19.9. The molecule has 0 saturated heterocycles. The lowest BCUT2D eigenvalue weighted by Gasteiger charge is -2.24. The minimum absolute atomic E-state index is 0.0769. The number of carbonyl (C=O) groups excluding carboxylic acids is 1. The Labute approximate surface area is 239 Å². The molecule has 2 aromatic carbocycles. The molecule has 0 radical (unpaired) electrons. The maximum atomic E-state index is 15.0. The second-order valence-electron chi connectivity index (χ2n) is 9.83. The number of nitrogens with zero attached hydrogens (tertiary/aromatic N) is 2. The van der Waals surface area contributed by atoms with E-state index in [1.165, 1.54) is 18.3 Å². The number of nitrogens with one attached hydrogen (secondary N) is 1. The lowest BCUT2D eigenvalue weighted by atomic mass is 9.89. The van der Waals surface area contributed by atoms with Gasteiger partial charge in [0.2, 0.25) is 5.91 Å². The monoisotopic (exact) mass is 587 g/mol. The van der Waals surface area contributed by atoms with E-state index in [1.807, 2.05) is 31.2 Å². The molecule has 0 aliphatic carbocycles. The topological polar surface area (TPSA) is 95.7 Å². The summed E-state index contributed by atoms with van der Waals surface area (Å²) >= 11 is 0. The fourth-order valence-electron chi connectivity index (χ4n) is 3.83. The van der Waals surface area contributed by atoms with Crippen LogP contribution in [0.3, 0.4) is 0 Å². The van der Waals surface area contributed by atoms with Crippen LogP contribution < -0.4 is 19.5 Å². The van der Waals surface area contributed by atoms with Crippen LogP contribution in [0.4, 0.5) is 23.4 Å². The Hall–Kier alpha value is -4.61. The number of halogens is 4. The van der Waals surface area contributed by atoms with E-state index in [9.17, 15) is 22.4 Å². The van der Waals surface area contributed by atoms with Crippen molar-refractivity contribution in [3.8, 4) is 28.5 Å². The molecule has 4 aromatic rings. The third-order valence-corrected chi connectivity index (χ3v) is 6.49. The van der Waals surface area contributed by atoms with Gasteiger partial charge in [0, 0.05) is 17.8 Å². The van der Waals surface area contributed by atoms with Gasteiger partial charge in [-0.2, -0.15) is 13.2 Å². The standard InChI is InChI=1S/C30H29F4N3O5/c1-5-40-24-13-21(16-35-28(24)41-17-18-6-10-22(39-4)11-7-18)19-8-9-20(23(31)12-19)14-27(38)36-26-15-25(42-37-26)29(2,3)30(32,33)34/h6-13,15-16H,5,14,17H2,1-4H3,(H,36,37,38). The molecule has 0 bridgehead atoms. The van der Waals surface area contributed by atoms with E-state index in [-0.39, 0.29) is 30.3 Å². The number of hydrogen-bond donors (Lipinski definition) is 1. The predicted octanol–water partition coefficient (Wildman–Crippen LogP) is 6.88. The van der Waals surface area contributed by atoms with Gasteiger partial charge in [0.15, 0.2) is 17.3 Å². The van der Waals surface area contributed by atoms with E-state index in [2.05, 4.69) is 15.5 Å². The van der Waals surface area contributed by atoms with E-state index in [0.29, 0.717) is 23.5 Å². The van der Waals surface area contributed by atoms with Gasteiger partial charge in [-0.05, 0) is 61.7 Å². The molecular weight excluding hydrogens is 558 g/mol. The number of aromatic nitrogens is 2. The Morgan fingerprint density at radius 2 is 1.74 bits per heavy atom.